The van der Waals surface area contributed by atoms with Gasteiger partial charge in [0.05, 0.1) is 23.4 Å². The molecule has 0 aliphatic rings. The molecule has 17 heavy (non-hydrogen) atoms. The van der Waals surface area contributed by atoms with Crippen molar-refractivity contribution in [1.82, 2.24) is 9.97 Å². The highest BCUT2D eigenvalue weighted by atomic mass is 16.6. The summed E-state index contributed by atoms with van der Waals surface area (Å²) in [5, 5.41) is 10.8. The SMILES string of the molecule is Cc1ccc(-c2cnc(CN)[nH]2)cc1[N+](=O)[O-]. The van der Waals surface area contributed by atoms with Crippen molar-refractivity contribution in [3.05, 3.63) is 45.9 Å². The molecule has 88 valence electrons. The smallest absolute Gasteiger partial charge is 0.272 e. The second-order valence-electron chi connectivity index (χ2n) is 3.71. The Morgan fingerprint density at radius 3 is 2.88 bits per heavy atom. The fourth-order valence-electron chi connectivity index (χ4n) is 1.59. The van der Waals surface area contributed by atoms with Crippen LogP contribution in [0.4, 0.5) is 5.69 Å². The molecule has 0 unspecified atom stereocenters. The summed E-state index contributed by atoms with van der Waals surface area (Å²) < 4.78 is 0. The van der Waals surface area contributed by atoms with Crippen molar-refractivity contribution in [3.8, 4) is 11.3 Å². The Kier molecular flexibility index (Phi) is 2.88. The first-order valence-electron chi connectivity index (χ1n) is 5.11. The van der Waals surface area contributed by atoms with E-state index in [1.54, 1.807) is 19.2 Å². The fraction of sp³-hybridized carbons (Fsp3) is 0.182. The van der Waals surface area contributed by atoms with Gasteiger partial charge in [0.1, 0.15) is 5.82 Å². The molecule has 1 aromatic heterocycles. The van der Waals surface area contributed by atoms with Gasteiger partial charge >= 0.3 is 0 Å². The van der Waals surface area contributed by atoms with Crippen LogP contribution in [0.25, 0.3) is 11.3 Å². The first kappa shape index (κ1) is 11.3. The zero-order valence-electron chi connectivity index (χ0n) is 9.30. The molecule has 6 nitrogen and oxygen atoms in total. The summed E-state index contributed by atoms with van der Waals surface area (Å²) in [6.45, 7) is 2.02. The summed E-state index contributed by atoms with van der Waals surface area (Å²) in [5.41, 5.74) is 7.64. The van der Waals surface area contributed by atoms with E-state index in [9.17, 15) is 10.1 Å². The molecule has 0 amide bonds. The number of benzene rings is 1. The molecule has 0 aliphatic carbocycles. The summed E-state index contributed by atoms with van der Waals surface area (Å²) in [5.74, 6) is 0.656. The Labute approximate surface area is 97.6 Å². The molecule has 0 fully saturated rings. The van der Waals surface area contributed by atoms with E-state index in [1.165, 1.54) is 6.07 Å². The summed E-state index contributed by atoms with van der Waals surface area (Å²) in [4.78, 5) is 17.5. The summed E-state index contributed by atoms with van der Waals surface area (Å²) in [6, 6.07) is 5.07. The molecule has 3 N–H and O–H groups in total. The zero-order valence-corrected chi connectivity index (χ0v) is 9.30. The number of aromatic amines is 1. The van der Waals surface area contributed by atoms with Crippen molar-refractivity contribution in [2.75, 3.05) is 0 Å². The minimum Gasteiger partial charge on any atom is -0.341 e. The summed E-state index contributed by atoms with van der Waals surface area (Å²) >= 11 is 0. The van der Waals surface area contributed by atoms with Crippen molar-refractivity contribution in [1.29, 1.82) is 0 Å². The molecule has 6 heteroatoms. The zero-order chi connectivity index (χ0) is 12.4. The number of imidazole rings is 1. The predicted molar refractivity (Wildman–Crippen MR) is 63.3 cm³/mol. The van der Waals surface area contributed by atoms with Gasteiger partial charge in [0.25, 0.3) is 5.69 Å². The quantitative estimate of drug-likeness (QED) is 0.622. The largest absolute Gasteiger partial charge is 0.341 e. The number of nitro benzene ring substituents is 1. The van der Waals surface area contributed by atoms with Crippen LogP contribution in [0.1, 0.15) is 11.4 Å². The van der Waals surface area contributed by atoms with Crippen molar-refractivity contribution >= 4 is 5.69 Å². The van der Waals surface area contributed by atoms with E-state index in [0.717, 1.165) is 11.3 Å². The number of H-pyrrole nitrogens is 1. The third-order valence-electron chi connectivity index (χ3n) is 2.54. The van der Waals surface area contributed by atoms with Gasteiger partial charge in [0, 0.05) is 17.2 Å². The number of aromatic nitrogens is 2. The van der Waals surface area contributed by atoms with E-state index < -0.39 is 0 Å². The number of nitrogens with one attached hydrogen (secondary N) is 1. The van der Waals surface area contributed by atoms with Crippen LogP contribution in [-0.2, 0) is 6.54 Å². The Morgan fingerprint density at radius 1 is 1.53 bits per heavy atom. The average molecular weight is 232 g/mol. The molecule has 0 radical (unpaired) electrons. The minimum atomic E-state index is -0.390. The van der Waals surface area contributed by atoms with E-state index in [-0.39, 0.29) is 10.6 Å². The van der Waals surface area contributed by atoms with Gasteiger partial charge in [-0.15, -0.1) is 0 Å². The van der Waals surface area contributed by atoms with Crippen LogP contribution in [0.3, 0.4) is 0 Å². The highest BCUT2D eigenvalue weighted by Gasteiger charge is 2.12. The number of nitrogens with two attached hydrogens (primary N) is 1. The number of aryl methyl sites for hydroxylation is 1. The van der Waals surface area contributed by atoms with Crippen molar-refractivity contribution < 1.29 is 4.92 Å². The van der Waals surface area contributed by atoms with Crippen LogP contribution < -0.4 is 5.73 Å². The van der Waals surface area contributed by atoms with Crippen LogP contribution in [0, 0.1) is 17.0 Å². The van der Waals surface area contributed by atoms with Gasteiger partial charge in [-0.3, -0.25) is 10.1 Å². The molecule has 0 atom stereocenters. The first-order chi connectivity index (χ1) is 8.11. The van der Waals surface area contributed by atoms with Crippen molar-refractivity contribution in [2.45, 2.75) is 13.5 Å². The van der Waals surface area contributed by atoms with Gasteiger partial charge in [-0.25, -0.2) is 4.98 Å². The third kappa shape index (κ3) is 2.16. The lowest BCUT2D eigenvalue weighted by Gasteiger charge is -2.00. The van der Waals surface area contributed by atoms with Crippen LogP contribution in [0.2, 0.25) is 0 Å². The number of rotatable bonds is 3. The van der Waals surface area contributed by atoms with Gasteiger partial charge in [-0.2, -0.15) is 0 Å². The van der Waals surface area contributed by atoms with E-state index in [0.29, 0.717) is 17.9 Å². The van der Waals surface area contributed by atoms with Gasteiger partial charge in [0.2, 0.25) is 0 Å². The maximum Gasteiger partial charge on any atom is 0.272 e. The molecule has 0 saturated carbocycles. The molecular formula is C11H12N4O2. The molecule has 0 aliphatic heterocycles. The number of hydrogen-bond donors (Lipinski definition) is 2. The Hall–Kier alpha value is -2.21. The van der Waals surface area contributed by atoms with E-state index in [2.05, 4.69) is 9.97 Å². The second-order valence-corrected chi connectivity index (χ2v) is 3.71. The monoisotopic (exact) mass is 232 g/mol. The lowest BCUT2D eigenvalue weighted by Crippen LogP contribution is -1.97. The maximum atomic E-state index is 10.8. The minimum absolute atomic E-state index is 0.103. The Morgan fingerprint density at radius 2 is 2.29 bits per heavy atom. The highest BCUT2D eigenvalue weighted by Crippen LogP contribution is 2.25. The molecule has 0 bridgehead atoms. The molecule has 1 heterocycles. The first-order valence-corrected chi connectivity index (χ1v) is 5.11. The van der Waals surface area contributed by atoms with Crippen molar-refractivity contribution in [3.63, 3.8) is 0 Å². The third-order valence-corrected chi connectivity index (χ3v) is 2.54. The lowest BCUT2D eigenvalue weighted by molar-refractivity contribution is -0.385. The van der Waals surface area contributed by atoms with Crippen molar-refractivity contribution in [2.24, 2.45) is 5.73 Å². The fourth-order valence-corrected chi connectivity index (χ4v) is 1.59. The second kappa shape index (κ2) is 4.34. The molecule has 2 rings (SSSR count). The normalized spacial score (nSPS) is 10.5. The molecule has 0 saturated heterocycles. The number of hydrogen-bond acceptors (Lipinski definition) is 4. The predicted octanol–water partition coefficient (Wildman–Crippen LogP) is 1.75. The van der Waals surface area contributed by atoms with Gasteiger partial charge in [-0.1, -0.05) is 12.1 Å². The molecular weight excluding hydrogens is 220 g/mol. The average Bonchev–Trinajstić information content (AvgIpc) is 2.78. The number of nitrogens with zero attached hydrogens (tertiary/aromatic N) is 2. The molecule has 0 spiro atoms. The van der Waals surface area contributed by atoms with Gasteiger partial charge in [0.15, 0.2) is 0 Å². The van der Waals surface area contributed by atoms with Gasteiger partial charge in [-0.05, 0) is 6.92 Å². The summed E-state index contributed by atoms with van der Waals surface area (Å²) in [6.07, 6.45) is 1.62. The Bertz CT molecular complexity index is 562. The van der Waals surface area contributed by atoms with E-state index in [1.807, 2.05) is 6.07 Å². The van der Waals surface area contributed by atoms with Crippen LogP contribution >= 0.6 is 0 Å². The maximum absolute atomic E-state index is 10.8. The van der Waals surface area contributed by atoms with E-state index >= 15 is 0 Å². The molecule has 1 aromatic carbocycles. The topological polar surface area (TPSA) is 97.8 Å². The van der Waals surface area contributed by atoms with Crippen LogP contribution in [0.15, 0.2) is 24.4 Å². The number of nitro groups is 1. The van der Waals surface area contributed by atoms with Gasteiger partial charge < -0.3 is 10.7 Å². The lowest BCUT2D eigenvalue weighted by atomic mass is 10.1. The Balaban J connectivity index is 2.46. The van der Waals surface area contributed by atoms with E-state index in [4.69, 9.17) is 5.73 Å². The molecule has 2 aromatic rings. The van der Waals surface area contributed by atoms with Crippen LogP contribution in [0.5, 0.6) is 0 Å². The van der Waals surface area contributed by atoms with Crippen LogP contribution in [-0.4, -0.2) is 14.9 Å². The standard InChI is InChI=1S/C11H12N4O2/c1-7-2-3-8(4-10(7)15(16)17)9-6-13-11(5-12)14-9/h2-4,6H,5,12H2,1H3,(H,13,14). The summed E-state index contributed by atoms with van der Waals surface area (Å²) in [7, 11) is 0. The highest BCUT2D eigenvalue weighted by molar-refractivity contribution is 5.63.